The van der Waals surface area contributed by atoms with Gasteiger partial charge in [0.25, 0.3) is 0 Å². The predicted molar refractivity (Wildman–Crippen MR) is 156 cm³/mol. The molecule has 4 aromatic rings. The molecule has 0 bridgehead atoms. The van der Waals surface area contributed by atoms with Crippen LogP contribution in [0.4, 0.5) is 11.4 Å². The fourth-order valence-electron chi connectivity index (χ4n) is 5.14. The number of nitrogens with zero attached hydrogens (tertiary/aromatic N) is 4. The average Bonchev–Trinajstić information content (AvgIpc) is 3.39. The van der Waals surface area contributed by atoms with Gasteiger partial charge >= 0.3 is 0 Å². The standard InChI is InChI=1S/C29H30ClN5OS/c1-18-16-23(19(2)34(18)21-11-9-20(10-12-21)33(3)4)28-27(25-8-6-7-15-31-25)32-29(37)35(28)22-13-14-26(36-5)24(30)17-22/h6-17,27-28H,1-5H3,(H,32,37)/t27-,28-/m1/s1. The highest BCUT2D eigenvalue weighted by molar-refractivity contribution is 7.80. The second-order valence-corrected chi connectivity index (χ2v) is 10.2. The Morgan fingerprint density at radius 2 is 1.73 bits per heavy atom. The molecular formula is C29H30ClN5OS. The largest absolute Gasteiger partial charge is 0.495 e. The third-order valence-electron chi connectivity index (χ3n) is 6.92. The Morgan fingerprint density at radius 1 is 1.00 bits per heavy atom. The lowest BCUT2D eigenvalue weighted by atomic mass is 9.96. The van der Waals surface area contributed by atoms with Crippen molar-refractivity contribution in [3.63, 3.8) is 0 Å². The molecule has 1 fully saturated rings. The number of halogens is 1. The first-order valence-electron chi connectivity index (χ1n) is 12.1. The molecule has 5 rings (SSSR count). The van der Waals surface area contributed by atoms with Gasteiger partial charge in [-0.15, -0.1) is 0 Å². The number of nitrogens with one attached hydrogen (secondary N) is 1. The minimum Gasteiger partial charge on any atom is -0.495 e. The quantitative estimate of drug-likeness (QED) is 0.291. The number of aryl methyl sites for hydroxylation is 1. The first kappa shape index (κ1) is 25.1. The van der Waals surface area contributed by atoms with Gasteiger partial charge in [-0.05, 0) is 92.3 Å². The van der Waals surface area contributed by atoms with Crippen LogP contribution in [-0.2, 0) is 0 Å². The molecule has 2 aromatic heterocycles. The van der Waals surface area contributed by atoms with Crippen molar-refractivity contribution in [1.82, 2.24) is 14.9 Å². The van der Waals surface area contributed by atoms with E-state index in [-0.39, 0.29) is 12.1 Å². The maximum Gasteiger partial charge on any atom is 0.174 e. The number of rotatable bonds is 6. The van der Waals surface area contributed by atoms with Gasteiger partial charge in [-0.1, -0.05) is 17.7 Å². The van der Waals surface area contributed by atoms with Gasteiger partial charge in [-0.25, -0.2) is 0 Å². The second kappa shape index (κ2) is 10.1. The van der Waals surface area contributed by atoms with Crippen LogP contribution in [0.1, 0.15) is 34.7 Å². The number of anilines is 2. The van der Waals surface area contributed by atoms with E-state index >= 15 is 0 Å². The third-order valence-corrected chi connectivity index (χ3v) is 7.53. The Morgan fingerprint density at radius 3 is 2.35 bits per heavy atom. The smallest absolute Gasteiger partial charge is 0.174 e. The van der Waals surface area contributed by atoms with Gasteiger partial charge in [0.05, 0.1) is 29.9 Å². The highest BCUT2D eigenvalue weighted by Gasteiger charge is 2.42. The molecular weight excluding hydrogens is 502 g/mol. The lowest BCUT2D eigenvalue weighted by Crippen LogP contribution is -2.29. The number of pyridine rings is 1. The molecule has 0 saturated carbocycles. The number of aromatic nitrogens is 2. The van der Waals surface area contributed by atoms with Crippen LogP contribution >= 0.6 is 23.8 Å². The molecule has 0 amide bonds. The van der Waals surface area contributed by atoms with Gasteiger partial charge in [0.2, 0.25) is 0 Å². The normalized spacial score (nSPS) is 17.1. The summed E-state index contributed by atoms with van der Waals surface area (Å²) in [6, 6.07) is 22.3. The van der Waals surface area contributed by atoms with E-state index in [4.69, 9.17) is 28.6 Å². The van der Waals surface area contributed by atoms with Crippen LogP contribution in [0, 0.1) is 13.8 Å². The summed E-state index contributed by atoms with van der Waals surface area (Å²) in [5, 5.41) is 4.70. The molecule has 1 aliphatic heterocycles. The SMILES string of the molecule is COc1ccc(N2C(=S)N[C@H](c3ccccn3)[C@H]2c2cc(C)n(-c3ccc(N(C)C)cc3)c2C)cc1Cl. The molecule has 0 spiro atoms. The number of ether oxygens (including phenoxy) is 1. The Labute approximate surface area is 228 Å². The van der Waals surface area contributed by atoms with Gasteiger partial charge < -0.3 is 24.4 Å². The summed E-state index contributed by atoms with van der Waals surface area (Å²) in [5.41, 5.74) is 7.57. The molecule has 190 valence electrons. The molecule has 1 N–H and O–H groups in total. The molecule has 3 heterocycles. The molecule has 2 atom stereocenters. The fourth-order valence-corrected chi connectivity index (χ4v) is 5.74. The van der Waals surface area contributed by atoms with E-state index in [0.29, 0.717) is 15.9 Å². The number of methoxy groups -OCH3 is 1. The Balaban J connectivity index is 1.65. The van der Waals surface area contributed by atoms with Crippen molar-refractivity contribution < 1.29 is 4.74 Å². The van der Waals surface area contributed by atoms with Crippen molar-refractivity contribution >= 4 is 40.3 Å². The number of thiocarbonyl (C=S) groups is 1. The lowest BCUT2D eigenvalue weighted by Gasteiger charge is -2.28. The first-order chi connectivity index (χ1) is 17.8. The summed E-state index contributed by atoms with van der Waals surface area (Å²) < 4.78 is 7.68. The third kappa shape index (κ3) is 4.54. The zero-order valence-electron chi connectivity index (χ0n) is 21.6. The highest BCUT2D eigenvalue weighted by Crippen LogP contribution is 2.45. The van der Waals surface area contributed by atoms with Gasteiger partial charge in [0, 0.05) is 48.7 Å². The number of hydrogen-bond donors (Lipinski definition) is 1. The Hall–Kier alpha value is -3.55. The van der Waals surface area contributed by atoms with Crippen molar-refractivity contribution in [1.29, 1.82) is 0 Å². The Bertz CT molecular complexity index is 1430. The van der Waals surface area contributed by atoms with E-state index < -0.39 is 0 Å². The summed E-state index contributed by atoms with van der Waals surface area (Å²) in [4.78, 5) is 8.92. The van der Waals surface area contributed by atoms with Crippen LogP contribution in [-0.4, -0.2) is 35.9 Å². The van der Waals surface area contributed by atoms with E-state index in [0.717, 1.165) is 34.1 Å². The summed E-state index contributed by atoms with van der Waals surface area (Å²) in [6.45, 7) is 4.31. The summed E-state index contributed by atoms with van der Waals surface area (Å²) in [7, 11) is 5.71. The minimum absolute atomic E-state index is 0.132. The molecule has 2 aromatic carbocycles. The van der Waals surface area contributed by atoms with Crippen molar-refractivity contribution in [3.05, 3.63) is 101 Å². The van der Waals surface area contributed by atoms with Gasteiger partial charge in [-0.3, -0.25) is 4.98 Å². The van der Waals surface area contributed by atoms with Crippen LogP contribution in [0.5, 0.6) is 5.75 Å². The Kier molecular flexibility index (Phi) is 6.84. The maximum absolute atomic E-state index is 6.54. The fraction of sp³-hybridized carbons (Fsp3) is 0.241. The molecule has 0 radical (unpaired) electrons. The second-order valence-electron chi connectivity index (χ2n) is 9.39. The number of hydrogen-bond acceptors (Lipinski definition) is 4. The summed E-state index contributed by atoms with van der Waals surface area (Å²) in [5.74, 6) is 0.626. The predicted octanol–water partition coefficient (Wildman–Crippen LogP) is 6.39. The molecule has 8 heteroatoms. The van der Waals surface area contributed by atoms with Gasteiger partial charge in [0.1, 0.15) is 5.75 Å². The summed E-state index contributed by atoms with van der Waals surface area (Å²) in [6.07, 6.45) is 1.82. The van der Waals surface area contributed by atoms with E-state index in [1.54, 1.807) is 7.11 Å². The lowest BCUT2D eigenvalue weighted by molar-refractivity contribution is 0.415. The van der Waals surface area contributed by atoms with E-state index in [2.05, 4.69) is 68.8 Å². The molecule has 6 nitrogen and oxygen atoms in total. The zero-order valence-corrected chi connectivity index (χ0v) is 23.1. The van der Waals surface area contributed by atoms with Crippen molar-refractivity contribution in [2.45, 2.75) is 25.9 Å². The van der Waals surface area contributed by atoms with Crippen molar-refractivity contribution in [2.75, 3.05) is 31.0 Å². The minimum atomic E-state index is -0.139. The van der Waals surface area contributed by atoms with Crippen LogP contribution in [0.3, 0.4) is 0 Å². The van der Waals surface area contributed by atoms with Gasteiger partial charge in [0.15, 0.2) is 5.11 Å². The van der Waals surface area contributed by atoms with Gasteiger partial charge in [-0.2, -0.15) is 0 Å². The highest BCUT2D eigenvalue weighted by atomic mass is 35.5. The van der Waals surface area contributed by atoms with Crippen molar-refractivity contribution in [2.24, 2.45) is 0 Å². The molecule has 1 aliphatic rings. The van der Waals surface area contributed by atoms with Crippen molar-refractivity contribution in [3.8, 4) is 11.4 Å². The molecule has 0 unspecified atom stereocenters. The molecule has 37 heavy (non-hydrogen) atoms. The van der Waals surface area contributed by atoms with E-state index in [1.807, 2.05) is 56.7 Å². The molecule has 0 aliphatic carbocycles. The van der Waals surface area contributed by atoms with Crippen LogP contribution in [0.25, 0.3) is 5.69 Å². The maximum atomic E-state index is 6.54. The van der Waals surface area contributed by atoms with Crippen LogP contribution in [0.2, 0.25) is 5.02 Å². The molecule has 1 saturated heterocycles. The average molecular weight is 532 g/mol. The van der Waals surface area contributed by atoms with Crippen LogP contribution < -0.4 is 19.9 Å². The van der Waals surface area contributed by atoms with Crippen LogP contribution in [0.15, 0.2) is 72.9 Å². The zero-order chi connectivity index (χ0) is 26.3. The van der Waals surface area contributed by atoms with E-state index in [1.165, 1.54) is 5.56 Å². The monoisotopic (exact) mass is 531 g/mol. The summed E-state index contributed by atoms with van der Waals surface area (Å²) >= 11 is 12.4. The number of benzene rings is 2. The first-order valence-corrected chi connectivity index (χ1v) is 12.9. The topological polar surface area (TPSA) is 45.6 Å². The van der Waals surface area contributed by atoms with E-state index in [9.17, 15) is 0 Å².